The number of carbonyl (C=O) groups excluding carboxylic acids is 4. The number of amides is 4. The van der Waals surface area contributed by atoms with Gasteiger partial charge in [-0.05, 0) is 37.8 Å². The van der Waals surface area contributed by atoms with E-state index in [2.05, 4.69) is 29.9 Å². The first-order valence-electron chi connectivity index (χ1n) is 16.6. The van der Waals surface area contributed by atoms with E-state index in [0.717, 1.165) is 25.7 Å². The summed E-state index contributed by atoms with van der Waals surface area (Å²) in [6.45, 7) is 2.29. The third-order valence-electron chi connectivity index (χ3n) is 9.44. The molecule has 3 atom stereocenters. The Morgan fingerprint density at radius 3 is 2.76 bits per heavy atom. The van der Waals surface area contributed by atoms with Crippen LogP contribution in [0.3, 0.4) is 0 Å². The number of halogens is 1. The molecule has 5 N–H and O–H groups in total. The van der Waals surface area contributed by atoms with Crippen molar-refractivity contribution >= 4 is 64.3 Å². The fourth-order valence-corrected chi connectivity index (χ4v) is 8.70. The molecule has 1 aromatic heterocycles. The molecular formula is C33H41ClN9O6S+. The van der Waals surface area contributed by atoms with Gasteiger partial charge < -0.3 is 25.6 Å². The van der Waals surface area contributed by atoms with Crippen molar-refractivity contribution in [3.8, 4) is 5.75 Å². The summed E-state index contributed by atoms with van der Waals surface area (Å²) in [7, 11) is 1.64. The summed E-state index contributed by atoms with van der Waals surface area (Å²) in [6.07, 6.45) is 8.08. The van der Waals surface area contributed by atoms with Gasteiger partial charge in [-0.25, -0.2) is 9.97 Å². The Bertz CT molecular complexity index is 1700. The Labute approximate surface area is 298 Å². The molecule has 266 valence electrons. The molecule has 1 aromatic carbocycles. The van der Waals surface area contributed by atoms with Crippen LogP contribution in [0.1, 0.15) is 60.1 Å². The summed E-state index contributed by atoms with van der Waals surface area (Å²) >= 11 is 5.28. The van der Waals surface area contributed by atoms with Gasteiger partial charge in [0.25, 0.3) is 11.8 Å². The maximum atomic E-state index is 13.3. The normalized spacial score (nSPS) is 22.9. The molecule has 4 aliphatic heterocycles. The average molecular weight is 727 g/mol. The van der Waals surface area contributed by atoms with Gasteiger partial charge in [-0.15, -0.1) is 0 Å². The molecule has 50 heavy (non-hydrogen) atoms. The molecule has 6 rings (SSSR count). The second-order valence-corrected chi connectivity index (χ2v) is 14.8. The molecule has 4 aliphatic rings. The topological polar surface area (TPSA) is 196 Å². The minimum absolute atomic E-state index is 0.0817. The first-order valence-corrected chi connectivity index (χ1v) is 18.2. The molecule has 3 fully saturated rings. The fourth-order valence-electron chi connectivity index (χ4n) is 6.80. The molecule has 17 heteroatoms. The number of likely N-dealkylation sites (tertiary alicyclic amines) is 1. The lowest BCUT2D eigenvalue weighted by molar-refractivity contribution is -0.137. The minimum Gasteiger partial charge on any atom is -0.483 e. The van der Waals surface area contributed by atoms with Crippen molar-refractivity contribution in [3.05, 3.63) is 52.4 Å². The van der Waals surface area contributed by atoms with Crippen molar-refractivity contribution in [1.82, 2.24) is 29.4 Å². The van der Waals surface area contributed by atoms with Gasteiger partial charge in [-0.1, -0.05) is 22.0 Å². The SMILES string of the molecule is CN=C/C(=C\N)c1nc(NC2CCN([S+](O)C3CCCN(C(=O)COc4cccc5c4CN(C4CCC(=O)NC4=O)C5=O)C3)CC2)ncc1Cl. The first kappa shape index (κ1) is 35.6. The van der Waals surface area contributed by atoms with Gasteiger partial charge >= 0.3 is 0 Å². The molecule has 15 nitrogen and oxygen atoms in total. The maximum absolute atomic E-state index is 13.3. The van der Waals surface area contributed by atoms with Crippen molar-refractivity contribution in [1.29, 1.82) is 0 Å². The van der Waals surface area contributed by atoms with E-state index >= 15 is 0 Å². The van der Waals surface area contributed by atoms with Gasteiger partial charge in [0.1, 0.15) is 11.8 Å². The molecule has 0 bridgehead atoms. The third kappa shape index (κ3) is 7.72. The monoisotopic (exact) mass is 726 g/mol. The van der Waals surface area contributed by atoms with Crippen molar-refractivity contribution in [3.63, 3.8) is 0 Å². The standard InChI is InChI=1S/C33H40ClN9O6S/c1-36-15-20(14-35)30-25(34)16-37-33(40-30)38-21-9-12-42(13-10-21)50(48)22-4-3-11-41(17-22)29(45)19-49-27-6-2-5-23-24(27)18-43(32(23)47)26-7-8-28(44)39-31(26)46/h2,5-6,14-16,21-22,26,48H,3-4,7-13,17-19H2,1H3,(H3-,35,36,37,38,39,40,44,46)/p+1. The number of fused-ring (bicyclic) bond motifs is 1. The molecule has 0 spiro atoms. The molecule has 5 heterocycles. The summed E-state index contributed by atoms with van der Waals surface area (Å²) in [6, 6.07) is 4.45. The summed E-state index contributed by atoms with van der Waals surface area (Å²) < 4.78 is 19.5. The Morgan fingerprint density at radius 1 is 1.22 bits per heavy atom. The van der Waals surface area contributed by atoms with Gasteiger partial charge in [0, 0.05) is 74.7 Å². The number of piperidine rings is 3. The van der Waals surface area contributed by atoms with E-state index in [4.69, 9.17) is 22.1 Å². The largest absolute Gasteiger partial charge is 0.483 e. The number of benzene rings is 1. The second-order valence-electron chi connectivity index (χ2n) is 12.6. The number of allylic oxidation sites excluding steroid dienone is 1. The highest BCUT2D eigenvalue weighted by Crippen LogP contribution is 2.34. The number of ether oxygens (including phenoxy) is 1. The molecular weight excluding hydrogens is 686 g/mol. The summed E-state index contributed by atoms with van der Waals surface area (Å²) in [4.78, 5) is 66.6. The molecule has 0 radical (unpaired) electrons. The number of nitrogens with one attached hydrogen (secondary N) is 2. The van der Waals surface area contributed by atoms with Crippen LogP contribution in [-0.4, -0.2) is 116 Å². The smallest absolute Gasteiger partial charge is 0.260 e. The van der Waals surface area contributed by atoms with Crippen molar-refractivity contribution in [2.75, 3.05) is 45.2 Å². The number of hydrogen-bond acceptors (Lipinski definition) is 12. The second kappa shape index (κ2) is 15.7. The number of aliphatic imine (C=N–C) groups is 1. The average Bonchev–Trinajstić information content (AvgIpc) is 3.46. The van der Waals surface area contributed by atoms with Crippen LogP contribution in [0.4, 0.5) is 5.95 Å². The fraction of sp³-hybridized carbons (Fsp3) is 0.485. The lowest BCUT2D eigenvalue weighted by Crippen LogP contribution is -2.52. The van der Waals surface area contributed by atoms with Crippen LogP contribution in [0, 0.1) is 0 Å². The first-order chi connectivity index (χ1) is 24.2. The number of hydrogen-bond donors (Lipinski definition) is 4. The molecule has 4 amide bonds. The predicted molar refractivity (Wildman–Crippen MR) is 189 cm³/mol. The summed E-state index contributed by atoms with van der Waals surface area (Å²) in [5.74, 6) is -0.471. The van der Waals surface area contributed by atoms with E-state index in [-0.39, 0.29) is 55.0 Å². The predicted octanol–water partition coefficient (Wildman–Crippen LogP) is 1.84. The quantitative estimate of drug-likeness (QED) is 0.159. The Morgan fingerprint density at radius 2 is 2.02 bits per heavy atom. The number of carbonyl (C=O) groups is 4. The summed E-state index contributed by atoms with van der Waals surface area (Å²) in [5, 5.41) is 5.98. The van der Waals surface area contributed by atoms with Crippen LogP contribution >= 0.6 is 11.6 Å². The summed E-state index contributed by atoms with van der Waals surface area (Å²) in [5.41, 5.74) is 7.86. The van der Waals surface area contributed by atoms with Crippen molar-refractivity contribution in [2.45, 2.75) is 62.4 Å². The third-order valence-corrected chi connectivity index (χ3v) is 11.6. The van der Waals surface area contributed by atoms with E-state index in [1.54, 1.807) is 36.4 Å². The lowest BCUT2D eigenvalue weighted by Gasteiger charge is -2.34. The van der Waals surface area contributed by atoms with E-state index in [9.17, 15) is 23.7 Å². The van der Waals surface area contributed by atoms with Gasteiger partial charge in [0.2, 0.25) is 29.1 Å². The van der Waals surface area contributed by atoms with Crippen LogP contribution in [0.5, 0.6) is 5.75 Å². The van der Waals surface area contributed by atoms with Gasteiger partial charge in [0.15, 0.2) is 11.9 Å². The highest BCUT2D eigenvalue weighted by molar-refractivity contribution is 7.89. The zero-order chi connectivity index (χ0) is 35.4. The van der Waals surface area contributed by atoms with Crippen molar-refractivity contribution < 1.29 is 28.5 Å². The number of nitrogens with zero attached hydrogens (tertiary/aromatic N) is 6. The molecule has 3 saturated heterocycles. The number of aromatic nitrogens is 2. The van der Waals surface area contributed by atoms with Crippen LogP contribution in [0.25, 0.3) is 5.57 Å². The van der Waals surface area contributed by atoms with Gasteiger partial charge in [-0.2, -0.15) is 4.55 Å². The van der Waals surface area contributed by atoms with Crippen LogP contribution in [0.15, 0.2) is 35.6 Å². The van der Waals surface area contributed by atoms with Gasteiger partial charge in [-0.3, -0.25) is 29.5 Å². The Kier molecular flexibility index (Phi) is 11.2. The van der Waals surface area contributed by atoms with Crippen LogP contribution < -0.4 is 21.1 Å². The number of nitrogens with two attached hydrogens (primary N) is 1. The van der Waals surface area contributed by atoms with E-state index < -0.39 is 23.3 Å². The highest BCUT2D eigenvalue weighted by atomic mass is 35.5. The maximum Gasteiger partial charge on any atom is 0.260 e. The Balaban J connectivity index is 0.994. The zero-order valence-corrected chi connectivity index (χ0v) is 29.3. The van der Waals surface area contributed by atoms with Crippen LogP contribution in [0.2, 0.25) is 5.02 Å². The highest BCUT2D eigenvalue weighted by Gasteiger charge is 2.43. The van der Waals surface area contributed by atoms with Gasteiger partial charge in [0.05, 0.1) is 30.0 Å². The van der Waals surface area contributed by atoms with E-state index in [1.165, 1.54) is 17.3 Å². The van der Waals surface area contributed by atoms with Crippen LogP contribution in [-0.2, 0) is 32.3 Å². The Hall–Kier alpha value is -4.25. The molecule has 0 aliphatic carbocycles. The molecule has 2 aromatic rings. The van der Waals surface area contributed by atoms with Crippen molar-refractivity contribution in [2.24, 2.45) is 10.7 Å². The number of anilines is 1. The molecule has 0 saturated carbocycles. The van der Waals surface area contributed by atoms with E-state index in [1.807, 2.05) is 0 Å². The zero-order valence-electron chi connectivity index (χ0n) is 27.7. The lowest BCUT2D eigenvalue weighted by atomic mass is 10.0. The molecule has 3 unspecified atom stereocenters. The van der Waals surface area contributed by atoms with E-state index in [0.29, 0.717) is 65.3 Å². The minimum atomic E-state index is -1.02. The number of rotatable bonds is 10. The number of imide groups is 1.